The molecule has 1 unspecified atom stereocenters. The molecule has 1 aliphatic rings. The number of hydrogen-bond donors (Lipinski definition) is 2. The molecule has 0 aromatic heterocycles. The largest absolute Gasteiger partial charge is 0.493 e. The molecule has 1 fully saturated rings. The van der Waals surface area contributed by atoms with E-state index < -0.39 is 17.9 Å². The van der Waals surface area contributed by atoms with Gasteiger partial charge in [-0.15, -0.1) is 0 Å². The zero-order valence-electron chi connectivity index (χ0n) is 18.8. The van der Waals surface area contributed by atoms with E-state index in [-0.39, 0.29) is 30.7 Å². The summed E-state index contributed by atoms with van der Waals surface area (Å²) in [5, 5.41) is 5.41. The van der Waals surface area contributed by atoms with Gasteiger partial charge in [-0.1, -0.05) is 30.3 Å². The Balaban J connectivity index is 1.55. The summed E-state index contributed by atoms with van der Waals surface area (Å²) >= 11 is 5.40. The summed E-state index contributed by atoms with van der Waals surface area (Å²) in [6.45, 7) is 3.13. The number of thiocarbonyl (C=S) groups is 1. The van der Waals surface area contributed by atoms with Gasteiger partial charge in [0.1, 0.15) is 30.8 Å². The zero-order valence-corrected chi connectivity index (χ0v) is 19.6. The summed E-state index contributed by atoms with van der Waals surface area (Å²) in [4.78, 5) is 39.2. The van der Waals surface area contributed by atoms with Crippen LogP contribution in [-0.2, 0) is 14.3 Å². The Labute approximate surface area is 203 Å². The van der Waals surface area contributed by atoms with Crippen molar-refractivity contribution in [2.24, 2.45) is 0 Å². The van der Waals surface area contributed by atoms with Crippen LogP contribution in [0, 0.1) is 0 Å². The number of nitrogens with one attached hydrogen (secondary N) is 2. The number of benzene rings is 2. The standard InChI is InChI=1S/C24H27N3O6S/c1-2-31-20-11-7-6-10-18(20)22(29)26-24(34)27-13-12-25-23(30)19(27)16-21(28)33-15-14-32-17-8-4-3-5-9-17/h3-11,19H,2,12-16H2,1H3,(H,25,30)(H,26,29,34). The Kier molecular flexibility index (Phi) is 9.21. The SMILES string of the molecule is CCOc1ccccc1C(=O)NC(=S)N1CCNC(=O)C1CC(=O)OCCOc1ccccc1. The van der Waals surface area contributed by atoms with E-state index in [1.54, 1.807) is 36.4 Å². The van der Waals surface area contributed by atoms with Crippen molar-refractivity contribution in [3.05, 3.63) is 60.2 Å². The van der Waals surface area contributed by atoms with E-state index in [4.69, 9.17) is 26.4 Å². The van der Waals surface area contributed by atoms with Crippen LogP contribution in [0.5, 0.6) is 11.5 Å². The Morgan fingerprint density at radius 2 is 1.82 bits per heavy atom. The maximum absolute atomic E-state index is 12.8. The number of amides is 2. The highest BCUT2D eigenvalue weighted by atomic mass is 32.1. The summed E-state index contributed by atoms with van der Waals surface area (Å²) in [5.74, 6) is -0.295. The van der Waals surface area contributed by atoms with Gasteiger partial charge in [-0.3, -0.25) is 19.7 Å². The molecule has 2 N–H and O–H groups in total. The smallest absolute Gasteiger partial charge is 0.308 e. The molecular weight excluding hydrogens is 458 g/mol. The minimum atomic E-state index is -0.897. The van der Waals surface area contributed by atoms with Gasteiger partial charge in [0, 0.05) is 13.1 Å². The van der Waals surface area contributed by atoms with Gasteiger partial charge in [-0.2, -0.15) is 0 Å². The molecule has 2 aromatic carbocycles. The third-order valence-electron chi connectivity index (χ3n) is 4.96. The fourth-order valence-corrected chi connectivity index (χ4v) is 3.69. The van der Waals surface area contributed by atoms with Crippen molar-refractivity contribution in [3.8, 4) is 11.5 Å². The Hall–Kier alpha value is -3.66. The normalized spacial score (nSPS) is 15.1. The first kappa shape index (κ1) is 25.0. The minimum Gasteiger partial charge on any atom is -0.493 e. The van der Waals surface area contributed by atoms with Crippen molar-refractivity contribution >= 4 is 35.1 Å². The van der Waals surface area contributed by atoms with E-state index >= 15 is 0 Å². The average Bonchev–Trinajstić information content (AvgIpc) is 2.84. The topological polar surface area (TPSA) is 106 Å². The van der Waals surface area contributed by atoms with Gasteiger partial charge in [0.2, 0.25) is 5.91 Å². The maximum Gasteiger partial charge on any atom is 0.308 e. The molecule has 0 spiro atoms. The Morgan fingerprint density at radius 3 is 2.59 bits per heavy atom. The first-order valence-electron chi connectivity index (χ1n) is 10.9. The van der Waals surface area contributed by atoms with E-state index in [1.807, 2.05) is 25.1 Å². The molecule has 1 aliphatic heterocycles. The van der Waals surface area contributed by atoms with Crippen molar-refractivity contribution in [2.45, 2.75) is 19.4 Å². The number of piperazine rings is 1. The van der Waals surface area contributed by atoms with Crippen LogP contribution in [-0.4, -0.2) is 66.7 Å². The second-order valence-corrected chi connectivity index (χ2v) is 7.66. The molecule has 2 aromatic rings. The molecule has 34 heavy (non-hydrogen) atoms. The fraction of sp³-hybridized carbons (Fsp3) is 0.333. The lowest BCUT2D eigenvalue weighted by molar-refractivity contribution is -0.148. The first-order valence-corrected chi connectivity index (χ1v) is 11.4. The molecule has 9 nitrogen and oxygen atoms in total. The molecule has 10 heteroatoms. The van der Waals surface area contributed by atoms with Crippen molar-refractivity contribution in [1.29, 1.82) is 0 Å². The van der Waals surface area contributed by atoms with Gasteiger partial charge >= 0.3 is 5.97 Å². The predicted molar refractivity (Wildman–Crippen MR) is 129 cm³/mol. The highest BCUT2D eigenvalue weighted by molar-refractivity contribution is 7.80. The van der Waals surface area contributed by atoms with Crippen LogP contribution >= 0.6 is 12.2 Å². The van der Waals surface area contributed by atoms with Crippen molar-refractivity contribution in [3.63, 3.8) is 0 Å². The van der Waals surface area contributed by atoms with Crippen molar-refractivity contribution in [2.75, 3.05) is 32.9 Å². The van der Waals surface area contributed by atoms with Gasteiger partial charge in [0.25, 0.3) is 5.91 Å². The fourth-order valence-electron chi connectivity index (χ4n) is 3.38. The van der Waals surface area contributed by atoms with Crippen LogP contribution < -0.4 is 20.1 Å². The maximum atomic E-state index is 12.8. The summed E-state index contributed by atoms with van der Waals surface area (Å²) in [6, 6.07) is 15.1. The van der Waals surface area contributed by atoms with Crippen LogP contribution in [0.2, 0.25) is 0 Å². The molecule has 0 radical (unpaired) electrons. The lowest BCUT2D eigenvalue weighted by atomic mass is 10.1. The molecule has 2 amide bonds. The van der Waals surface area contributed by atoms with E-state index in [0.717, 1.165) is 0 Å². The minimum absolute atomic E-state index is 0.0391. The van der Waals surface area contributed by atoms with Gasteiger partial charge in [-0.25, -0.2) is 0 Å². The molecule has 3 rings (SSSR count). The molecular formula is C24H27N3O6S. The van der Waals surface area contributed by atoms with Crippen LogP contribution in [0.15, 0.2) is 54.6 Å². The second-order valence-electron chi connectivity index (χ2n) is 7.27. The van der Waals surface area contributed by atoms with Crippen molar-refractivity contribution < 1.29 is 28.6 Å². The number of hydrogen-bond acceptors (Lipinski definition) is 7. The summed E-state index contributed by atoms with van der Waals surface area (Å²) < 4.78 is 16.2. The van der Waals surface area contributed by atoms with Gasteiger partial charge in [0.15, 0.2) is 5.11 Å². The first-order chi connectivity index (χ1) is 16.5. The summed E-state index contributed by atoms with van der Waals surface area (Å²) in [7, 11) is 0. The van der Waals surface area contributed by atoms with E-state index in [0.29, 0.717) is 36.8 Å². The highest BCUT2D eigenvalue weighted by Gasteiger charge is 2.34. The number of rotatable bonds is 9. The van der Waals surface area contributed by atoms with E-state index in [9.17, 15) is 14.4 Å². The zero-order chi connectivity index (χ0) is 24.3. The molecule has 0 bridgehead atoms. The van der Waals surface area contributed by atoms with E-state index in [2.05, 4.69) is 10.6 Å². The number of para-hydroxylation sites is 2. The summed E-state index contributed by atoms with van der Waals surface area (Å²) in [5.41, 5.74) is 0.322. The lowest BCUT2D eigenvalue weighted by Crippen LogP contribution is -2.60. The quantitative estimate of drug-likeness (QED) is 0.315. The van der Waals surface area contributed by atoms with Crippen LogP contribution in [0.1, 0.15) is 23.7 Å². The molecule has 1 atom stereocenters. The third-order valence-corrected chi connectivity index (χ3v) is 5.30. The van der Waals surface area contributed by atoms with Crippen molar-refractivity contribution in [1.82, 2.24) is 15.5 Å². The number of ether oxygens (including phenoxy) is 3. The summed E-state index contributed by atoms with van der Waals surface area (Å²) in [6.07, 6.45) is -0.220. The van der Waals surface area contributed by atoms with Gasteiger partial charge in [0.05, 0.1) is 18.6 Å². The number of carbonyl (C=O) groups excluding carboxylic acids is 3. The average molecular weight is 486 g/mol. The predicted octanol–water partition coefficient (Wildman–Crippen LogP) is 1.91. The number of esters is 1. The second kappa shape index (κ2) is 12.5. The third kappa shape index (κ3) is 6.92. The molecule has 0 saturated carbocycles. The molecule has 1 heterocycles. The highest BCUT2D eigenvalue weighted by Crippen LogP contribution is 2.18. The molecule has 0 aliphatic carbocycles. The number of carbonyl (C=O) groups is 3. The lowest BCUT2D eigenvalue weighted by Gasteiger charge is -2.36. The Bertz CT molecular complexity index is 1020. The van der Waals surface area contributed by atoms with Crippen LogP contribution in [0.4, 0.5) is 0 Å². The monoisotopic (exact) mass is 485 g/mol. The van der Waals surface area contributed by atoms with Crippen LogP contribution in [0.3, 0.4) is 0 Å². The van der Waals surface area contributed by atoms with Crippen LogP contribution in [0.25, 0.3) is 0 Å². The number of nitrogens with zero attached hydrogens (tertiary/aromatic N) is 1. The van der Waals surface area contributed by atoms with Gasteiger partial charge < -0.3 is 24.4 Å². The molecule has 180 valence electrons. The van der Waals surface area contributed by atoms with Gasteiger partial charge in [-0.05, 0) is 43.4 Å². The van der Waals surface area contributed by atoms with E-state index in [1.165, 1.54) is 4.90 Å². The molecule has 1 saturated heterocycles. The Morgan fingerprint density at radius 1 is 1.09 bits per heavy atom.